The first-order chi connectivity index (χ1) is 4.16. The summed E-state index contributed by atoms with van der Waals surface area (Å²) in [6.45, 7) is 4.62. The first-order valence-corrected chi connectivity index (χ1v) is 2.34. The largest absolute Gasteiger partial charge is 0.494 e. The van der Waals surface area contributed by atoms with Crippen LogP contribution in [-0.4, -0.2) is 17.5 Å². The van der Waals surface area contributed by atoms with Crippen molar-refractivity contribution >= 4 is 12.4 Å². The number of aliphatic hydroxyl groups excluding tert-OH is 1. The van der Waals surface area contributed by atoms with E-state index < -0.39 is 0 Å². The molecular weight excluding hydrogens is 118 g/mol. The molecule has 9 heavy (non-hydrogen) atoms. The van der Waals surface area contributed by atoms with Crippen LogP contribution < -0.4 is 5.43 Å². The van der Waals surface area contributed by atoms with Crippen LogP contribution in [0.15, 0.2) is 17.1 Å². The van der Waals surface area contributed by atoms with E-state index in [9.17, 15) is 0 Å². The van der Waals surface area contributed by atoms with Crippen molar-refractivity contribution in [2.24, 2.45) is 5.10 Å². The van der Waals surface area contributed by atoms with Gasteiger partial charge in [0.15, 0.2) is 0 Å². The van der Waals surface area contributed by atoms with Crippen molar-refractivity contribution in [1.82, 2.24) is 5.43 Å². The van der Waals surface area contributed by atoms with Crippen LogP contribution in [0, 0.1) is 5.41 Å². The smallest absolute Gasteiger partial charge is 0.206 e. The van der Waals surface area contributed by atoms with Crippen LogP contribution in [0.25, 0.3) is 0 Å². The van der Waals surface area contributed by atoms with Gasteiger partial charge >= 0.3 is 0 Å². The standard InChI is InChI=1S/C5H9N3O/c1-4(6)3-5(9)8-7-2/h3,6,8-9H,2H2,1H3/b5-3+,6-4?. The van der Waals surface area contributed by atoms with Crippen molar-refractivity contribution in [3.63, 3.8) is 0 Å². The van der Waals surface area contributed by atoms with Crippen LogP contribution in [0.1, 0.15) is 6.92 Å². The van der Waals surface area contributed by atoms with Gasteiger partial charge in [-0.3, -0.25) is 0 Å². The van der Waals surface area contributed by atoms with Crippen LogP contribution in [0.3, 0.4) is 0 Å². The zero-order chi connectivity index (χ0) is 7.28. The van der Waals surface area contributed by atoms with Gasteiger partial charge in [-0.2, -0.15) is 5.10 Å². The van der Waals surface area contributed by atoms with Gasteiger partial charge in [0.1, 0.15) is 0 Å². The minimum Gasteiger partial charge on any atom is -0.494 e. The monoisotopic (exact) mass is 127 g/mol. The maximum atomic E-state index is 8.70. The summed E-state index contributed by atoms with van der Waals surface area (Å²) in [5.41, 5.74) is 2.42. The van der Waals surface area contributed by atoms with Crippen molar-refractivity contribution < 1.29 is 5.11 Å². The Morgan fingerprint density at radius 3 is 2.78 bits per heavy atom. The van der Waals surface area contributed by atoms with Gasteiger partial charge in [-0.05, 0) is 6.92 Å². The number of hydrogen-bond donors (Lipinski definition) is 3. The Morgan fingerprint density at radius 2 is 2.44 bits per heavy atom. The Hall–Kier alpha value is -1.32. The molecule has 0 amide bonds. The Morgan fingerprint density at radius 1 is 1.89 bits per heavy atom. The van der Waals surface area contributed by atoms with Crippen LogP contribution in [0.4, 0.5) is 0 Å². The molecule has 0 aliphatic heterocycles. The van der Waals surface area contributed by atoms with Gasteiger partial charge in [-0.25, -0.2) is 5.43 Å². The molecule has 0 rings (SSSR count). The van der Waals surface area contributed by atoms with Crippen molar-refractivity contribution in [1.29, 1.82) is 5.41 Å². The molecule has 4 nitrogen and oxygen atoms in total. The number of allylic oxidation sites excluding steroid dienone is 1. The molecule has 3 N–H and O–H groups in total. The number of hydrogen-bond acceptors (Lipinski definition) is 4. The summed E-state index contributed by atoms with van der Waals surface area (Å²) in [7, 11) is 0. The van der Waals surface area contributed by atoms with Crippen LogP contribution >= 0.6 is 0 Å². The number of rotatable bonds is 3. The fraction of sp³-hybridized carbons (Fsp3) is 0.200. The van der Waals surface area contributed by atoms with E-state index in [2.05, 4.69) is 17.2 Å². The molecule has 0 aliphatic carbocycles. The topological polar surface area (TPSA) is 68.5 Å². The van der Waals surface area contributed by atoms with Gasteiger partial charge in [0, 0.05) is 18.5 Å². The Bertz CT molecular complexity index is 150. The predicted octanol–water partition coefficient (Wildman–Crippen LogP) is 0.631. The summed E-state index contributed by atoms with van der Waals surface area (Å²) in [6.07, 6.45) is 1.23. The first-order valence-electron chi connectivity index (χ1n) is 2.34. The van der Waals surface area contributed by atoms with E-state index in [4.69, 9.17) is 10.5 Å². The molecule has 0 bridgehead atoms. The number of aliphatic hydroxyl groups is 1. The first kappa shape index (κ1) is 7.68. The molecule has 0 aromatic rings. The minimum absolute atomic E-state index is 0.169. The third-order valence-electron chi connectivity index (χ3n) is 0.547. The molecule has 0 saturated carbocycles. The Balaban J connectivity index is 3.83. The Labute approximate surface area is 53.4 Å². The number of nitrogens with one attached hydrogen (secondary N) is 2. The van der Waals surface area contributed by atoms with E-state index in [0.29, 0.717) is 0 Å². The minimum atomic E-state index is -0.169. The van der Waals surface area contributed by atoms with E-state index in [-0.39, 0.29) is 11.6 Å². The predicted molar refractivity (Wildman–Crippen MR) is 36.8 cm³/mol. The van der Waals surface area contributed by atoms with E-state index in [1.807, 2.05) is 0 Å². The highest BCUT2D eigenvalue weighted by Gasteiger charge is 1.86. The molecule has 0 fully saturated rings. The van der Waals surface area contributed by atoms with E-state index in [1.165, 1.54) is 6.08 Å². The van der Waals surface area contributed by atoms with E-state index >= 15 is 0 Å². The maximum absolute atomic E-state index is 8.70. The lowest BCUT2D eigenvalue weighted by molar-refractivity contribution is 0.369. The molecule has 50 valence electrons. The average Bonchev–Trinajstić information content (AvgIpc) is 1.63. The van der Waals surface area contributed by atoms with E-state index in [1.54, 1.807) is 6.92 Å². The molecular formula is C5H9N3O. The van der Waals surface area contributed by atoms with Crippen molar-refractivity contribution in [3.05, 3.63) is 12.0 Å². The average molecular weight is 127 g/mol. The summed E-state index contributed by atoms with van der Waals surface area (Å²) < 4.78 is 0. The second kappa shape index (κ2) is 3.65. The molecule has 0 spiro atoms. The molecule has 0 saturated heterocycles. The van der Waals surface area contributed by atoms with Crippen molar-refractivity contribution in [2.75, 3.05) is 0 Å². The number of hydrazone groups is 1. The fourth-order valence-electron chi connectivity index (χ4n) is 0.318. The number of nitrogens with zero attached hydrogens (tertiary/aromatic N) is 1. The molecule has 0 atom stereocenters. The van der Waals surface area contributed by atoms with Gasteiger partial charge in [0.25, 0.3) is 0 Å². The van der Waals surface area contributed by atoms with Gasteiger partial charge in [-0.1, -0.05) is 0 Å². The lowest BCUT2D eigenvalue weighted by Gasteiger charge is -1.93. The molecule has 0 heterocycles. The third kappa shape index (κ3) is 4.53. The van der Waals surface area contributed by atoms with Crippen molar-refractivity contribution in [2.45, 2.75) is 6.92 Å². The molecule has 0 unspecified atom stereocenters. The highest BCUT2D eigenvalue weighted by atomic mass is 16.3. The van der Waals surface area contributed by atoms with Gasteiger partial charge in [0.05, 0.1) is 0 Å². The van der Waals surface area contributed by atoms with Gasteiger partial charge in [0.2, 0.25) is 5.88 Å². The quantitative estimate of drug-likeness (QED) is 0.295. The van der Waals surface area contributed by atoms with Crippen LogP contribution in [0.2, 0.25) is 0 Å². The summed E-state index contributed by atoms with van der Waals surface area (Å²) in [5, 5.41) is 18.7. The molecule has 0 aromatic carbocycles. The molecule has 0 aromatic heterocycles. The lowest BCUT2D eigenvalue weighted by Crippen LogP contribution is -2.04. The second-order valence-electron chi connectivity index (χ2n) is 1.48. The maximum Gasteiger partial charge on any atom is 0.206 e. The SMILES string of the molecule is C=NN/C(O)=C\C(C)=N. The van der Waals surface area contributed by atoms with Gasteiger partial charge in [-0.15, -0.1) is 0 Å². The van der Waals surface area contributed by atoms with Crippen LogP contribution in [-0.2, 0) is 0 Å². The highest BCUT2D eigenvalue weighted by Crippen LogP contribution is 1.81. The molecule has 0 aliphatic rings. The zero-order valence-corrected chi connectivity index (χ0v) is 5.18. The van der Waals surface area contributed by atoms with Crippen molar-refractivity contribution in [3.8, 4) is 0 Å². The Kier molecular flexibility index (Phi) is 3.12. The summed E-state index contributed by atoms with van der Waals surface area (Å²) >= 11 is 0. The van der Waals surface area contributed by atoms with E-state index in [0.717, 1.165) is 0 Å². The second-order valence-corrected chi connectivity index (χ2v) is 1.48. The highest BCUT2D eigenvalue weighted by molar-refractivity contribution is 5.90. The molecule has 4 heteroatoms. The summed E-state index contributed by atoms with van der Waals surface area (Å²) in [6, 6.07) is 0. The normalized spacial score (nSPS) is 10.6. The summed E-state index contributed by atoms with van der Waals surface area (Å²) in [5.74, 6) is -0.169. The lowest BCUT2D eigenvalue weighted by atomic mass is 10.4. The zero-order valence-electron chi connectivity index (χ0n) is 5.18. The molecule has 0 radical (unpaired) electrons. The summed E-state index contributed by atoms with van der Waals surface area (Å²) in [4.78, 5) is 0. The fourth-order valence-corrected chi connectivity index (χ4v) is 0.318. The van der Waals surface area contributed by atoms with Gasteiger partial charge < -0.3 is 10.5 Å². The third-order valence-corrected chi connectivity index (χ3v) is 0.547. The van der Waals surface area contributed by atoms with Crippen LogP contribution in [0.5, 0.6) is 0 Å².